The van der Waals surface area contributed by atoms with E-state index in [1.54, 1.807) is 14.1 Å². The Bertz CT molecular complexity index is 333. The number of amides is 1. The SMILES string of the molecule is CN(C)C(=O)n1nccc1C#N. The third-order valence-electron chi connectivity index (χ3n) is 1.32. The third kappa shape index (κ3) is 1.27. The van der Waals surface area contributed by atoms with Crippen molar-refractivity contribution in [1.29, 1.82) is 5.26 Å². The van der Waals surface area contributed by atoms with Gasteiger partial charge in [0.15, 0.2) is 0 Å². The summed E-state index contributed by atoms with van der Waals surface area (Å²) in [7, 11) is 3.20. The van der Waals surface area contributed by atoms with Gasteiger partial charge in [-0.1, -0.05) is 0 Å². The van der Waals surface area contributed by atoms with Crippen molar-refractivity contribution in [2.75, 3.05) is 14.1 Å². The molecule has 1 aromatic rings. The molecule has 62 valence electrons. The smallest absolute Gasteiger partial charge is 0.329 e. The van der Waals surface area contributed by atoms with Crippen LogP contribution in [0.25, 0.3) is 0 Å². The number of hydrogen-bond acceptors (Lipinski definition) is 3. The van der Waals surface area contributed by atoms with Crippen LogP contribution in [0.3, 0.4) is 0 Å². The molecular weight excluding hydrogens is 156 g/mol. The lowest BCUT2D eigenvalue weighted by atomic mass is 10.5. The number of rotatable bonds is 0. The predicted molar refractivity (Wildman–Crippen MR) is 41.4 cm³/mol. The first-order chi connectivity index (χ1) is 5.66. The number of hydrogen-bond donors (Lipinski definition) is 0. The molecule has 0 spiro atoms. The second-order valence-corrected chi connectivity index (χ2v) is 2.42. The molecule has 0 unspecified atom stereocenters. The fourth-order valence-corrected chi connectivity index (χ4v) is 0.730. The molecule has 5 heteroatoms. The lowest BCUT2D eigenvalue weighted by molar-refractivity contribution is 0.215. The molecule has 1 aromatic heterocycles. The molecule has 0 saturated carbocycles. The highest BCUT2D eigenvalue weighted by atomic mass is 16.2. The fraction of sp³-hybridized carbons (Fsp3) is 0.286. The van der Waals surface area contributed by atoms with E-state index in [-0.39, 0.29) is 11.7 Å². The second kappa shape index (κ2) is 3.05. The van der Waals surface area contributed by atoms with Crippen molar-refractivity contribution in [3.63, 3.8) is 0 Å². The van der Waals surface area contributed by atoms with E-state index in [2.05, 4.69) is 5.10 Å². The van der Waals surface area contributed by atoms with E-state index in [0.29, 0.717) is 0 Å². The van der Waals surface area contributed by atoms with Crippen LogP contribution in [0.15, 0.2) is 12.3 Å². The van der Waals surface area contributed by atoms with Crippen molar-refractivity contribution in [2.45, 2.75) is 0 Å². The van der Waals surface area contributed by atoms with Crippen molar-refractivity contribution in [1.82, 2.24) is 14.7 Å². The van der Waals surface area contributed by atoms with Gasteiger partial charge in [-0.25, -0.2) is 4.79 Å². The zero-order valence-electron chi connectivity index (χ0n) is 6.85. The minimum absolute atomic E-state index is 0.244. The van der Waals surface area contributed by atoms with Gasteiger partial charge in [-0.15, -0.1) is 0 Å². The van der Waals surface area contributed by atoms with Gasteiger partial charge >= 0.3 is 6.03 Å². The van der Waals surface area contributed by atoms with Gasteiger partial charge < -0.3 is 4.90 Å². The molecule has 1 rings (SSSR count). The quantitative estimate of drug-likeness (QED) is 0.553. The van der Waals surface area contributed by atoms with Crippen molar-refractivity contribution in [3.8, 4) is 6.07 Å². The molecule has 0 aliphatic heterocycles. The van der Waals surface area contributed by atoms with Gasteiger partial charge in [-0.3, -0.25) is 0 Å². The van der Waals surface area contributed by atoms with Gasteiger partial charge in [0.2, 0.25) is 0 Å². The zero-order valence-corrected chi connectivity index (χ0v) is 6.85. The van der Waals surface area contributed by atoms with Gasteiger partial charge in [0, 0.05) is 14.1 Å². The maximum Gasteiger partial charge on any atom is 0.345 e. The highest BCUT2D eigenvalue weighted by molar-refractivity contribution is 5.76. The van der Waals surface area contributed by atoms with Crippen LogP contribution in [0.4, 0.5) is 4.79 Å². The number of carbonyl (C=O) groups is 1. The van der Waals surface area contributed by atoms with Crippen LogP contribution in [-0.2, 0) is 0 Å². The Morgan fingerprint density at radius 1 is 1.75 bits per heavy atom. The highest BCUT2D eigenvalue weighted by Gasteiger charge is 2.11. The Kier molecular flexibility index (Phi) is 2.10. The predicted octanol–water partition coefficient (Wildman–Crippen LogP) is 0.284. The van der Waals surface area contributed by atoms with Gasteiger partial charge in [-0.05, 0) is 6.07 Å². The summed E-state index contributed by atoms with van der Waals surface area (Å²) in [6, 6.07) is 3.03. The minimum atomic E-state index is -0.323. The second-order valence-electron chi connectivity index (χ2n) is 2.42. The molecule has 0 fully saturated rings. The first kappa shape index (κ1) is 8.27. The number of carbonyl (C=O) groups excluding carboxylic acids is 1. The molecule has 1 heterocycles. The Morgan fingerprint density at radius 3 is 2.92 bits per heavy atom. The maximum absolute atomic E-state index is 11.3. The van der Waals surface area contributed by atoms with E-state index in [9.17, 15) is 4.79 Å². The van der Waals surface area contributed by atoms with Crippen molar-refractivity contribution < 1.29 is 4.79 Å². The van der Waals surface area contributed by atoms with E-state index in [0.717, 1.165) is 4.68 Å². The Labute approximate surface area is 69.8 Å². The largest absolute Gasteiger partial charge is 0.345 e. The summed E-state index contributed by atoms with van der Waals surface area (Å²) >= 11 is 0. The lowest BCUT2D eigenvalue weighted by Gasteiger charge is -2.09. The number of nitriles is 1. The van der Waals surface area contributed by atoms with Gasteiger partial charge in [0.05, 0.1) is 6.20 Å². The van der Waals surface area contributed by atoms with Crippen molar-refractivity contribution in [3.05, 3.63) is 18.0 Å². The molecule has 0 bridgehead atoms. The van der Waals surface area contributed by atoms with Gasteiger partial charge in [0.25, 0.3) is 0 Å². The van der Waals surface area contributed by atoms with E-state index in [1.165, 1.54) is 17.2 Å². The molecule has 1 amide bonds. The summed E-state index contributed by atoms with van der Waals surface area (Å²) < 4.78 is 1.06. The van der Waals surface area contributed by atoms with E-state index >= 15 is 0 Å². The zero-order chi connectivity index (χ0) is 9.14. The molecule has 0 saturated heterocycles. The lowest BCUT2D eigenvalue weighted by Crippen LogP contribution is -2.28. The monoisotopic (exact) mass is 164 g/mol. The van der Waals surface area contributed by atoms with Crippen LogP contribution in [0.1, 0.15) is 5.69 Å². The van der Waals surface area contributed by atoms with E-state index in [4.69, 9.17) is 5.26 Å². The Hall–Kier alpha value is -1.83. The summed E-state index contributed by atoms with van der Waals surface area (Å²) in [5.74, 6) is 0. The maximum atomic E-state index is 11.3. The van der Waals surface area contributed by atoms with Crippen molar-refractivity contribution >= 4 is 6.03 Å². The van der Waals surface area contributed by atoms with Gasteiger partial charge in [-0.2, -0.15) is 15.0 Å². The van der Waals surface area contributed by atoms with Crippen molar-refractivity contribution in [2.24, 2.45) is 0 Å². The van der Waals surface area contributed by atoms with Crippen LogP contribution in [-0.4, -0.2) is 34.8 Å². The number of nitrogens with zero attached hydrogens (tertiary/aromatic N) is 4. The molecule has 0 N–H and O–H groups in total. The van der Waals surface area contributed by atoms with Crippen LogP contribution >= 0.6 is 0 Å². The van der Waals surface area contributed by atoms with Crippen LogP contribution in [0, 0.1) is 11.3 Å². The van der Waals surface area contributed by atoms with E-state index < -0.39 is 0 Å². The van der Waals surface area contributed by atoms with Crippen LogP contribution < -0.4 is 0 Å². The number of aromatic nitrogens is 2. The Balaban J connectivity index is 3.04. The summed E-state index contributed by atoms with van der Waals surface area (Å²) in [6.45, 7) is 0. The average molecular weight is 164 g/mol. The first-order valence-electron chi connectivity index (χ1n) is 3.32. The molecule has 0 atom stereocenters. The minimum Gasteiger partial charge on any atom is -0.329 e. The molecule has 0 aromatic carbocycles. The average Bonchev–Trinajstić information content (AvgIpc) is 2.49. The molecule has 0 radical (unpaired) electrons. The molecule has 0 aliphatic carbocycles. The summed E-state index contributed by atoms with van der Waals surface area (Å²) in [4.78, 5) is 12.6. The third-order valence-corrected chi connectivity index (χ3v) is 1.32. The Morgan fingerprint density at radius 2 is 2.42 bits per heavy atom. The van der Waals surface area contributed by atoms with Gasteiger partial charge in [0.1, 0.15) is 11.8 Å². The summed E-state index contributed by atoms with van der Waals surface area (Å²) in [5.41, 5.74) is 0.244. The molecule has 0 aliphatic rings. The van der Waals surface area contributed by atoms with E-state index in [1.807, 2.05) is 6.07 Å². The summed E-state index contributed by atoms with van der Waals surface area (Å²) in [5, 5.41) is 12.3. The van der Waals surface area contributed by atoms with Crippen LogP contribution in [0.5, 0.6) is 0 Å². The molecular formula is C7H8N4O. The summed E-state index contributed by atoms with van der Waals surface area (Å²) in [6.07, 6.45) is 1.42. The first-order valence-corrected chi connectivity index (χ1v) is 3.32. The standard InChI is InChI=1S/C7H8N4O/c1-10(2)7(12)11-6(5-8)3-4-9-11/h3-4H,1-2H3. The molecule has 5 nitrogen and oxygen atoms in total. The normalized spacial score (nSPS) is 9.08. The fourth-order valence-electron chi connectivity index (χ4n) is 0.730. The van der Waals surface area contributed by atoms with Crippen LogP contribution in [0.2, 0.25) is 0 Å². The molecule has 12 heavy (non-hydrogen) atoms. The topological polar surface area (TPSA) is 61.9 Å². The highest BCUT2D eigenvalue weighted by Crippen LogP contribution is 1.97.